The molecule has 0 N–H and O–H groups in total. The Hall–Kier alpha value is -5.57. The van der Waals surface area contributed by atoms with Crippen molar-refractivity contribution in [3.05, 3.63) is 137 Å². The van der Waals surface area contributed by atoms with Crippen LogP contribution in [0.25, 0.3) is 49.3 Å². The van der Waals surface area contributed by atoms with Gasteiger partial charge in [-0.05, 0) is 53.6 Å². The van der Waals surface area contributed by atoms with E-state index in [-0.39, 0.29) is 54.6 Å². The van der Waals surface area contributed by atoms with Gasteiger partial charge >= 0.3 is 5.97 Å². The van der Waals surface area contributed by atoms with Crippen LogP contribution in [0, 0.1) is 12.4 Å². The third-order valence-electron chi connectivity index (χ3n) is 8.00. The van der Waals surface area contributed by atoms with Gasteiger partial charge in [-0.2, -0.15) is 0 Å². The lowest BCUT2D eigenvalue weighted by molar-refractivity contribution is 0.0597. The number of halogens is 4. The summed E-state index contributed by atoms with van der Waals surface area (Å²) in [6.45, 7) is 7.85. The quantitative estimate of drug-likeness (QED) is 0.117. The highest BCUT2D eigenvalue weighted by Gasteiger charge is 2.30. The van der Waals surface area contributed by atoms with Gasteiger partial charge in [0.1, 0.15) is 11.4 Å². The van der Waals surface area contributed by atoms with Crippen LogP contribution in [0.15, 0.2) is 108 Å². The highest BCUT2D eigenvalue weighted by Crippen LogP contribution is 2.47. The number of methoxy groups -OCH3 is 2. The van der Waals surface area contributed by atoms with Crippen LogP contribution in [-0.4, -0.2) is 32.6 Å². The number of esters is 1. The molecule has 0 saturated carbocycles. The largest absolute Gasteiger partial charge is 0.494 e. The van der Waals surface area contributed by atoms with E-state index in [4.69, 9.17) is 27.6 Å². The second-order valence-electron chi connectivity index (χ2n) is 10.7. The van der Waals surface area contributed by atoms with Crippen LogP contribution in [0.4, 0.5) is 18.9 Å². The van der Waals surface area contributed by atoms with Crippen LogP contribution in [0.5, 0.6) is 5.75 Å². The highest BCUT2D eigenvalue weighted by molar-refractivity contribution is 7.90. The zero-order chi connectivity index (χ0) is 35.0. The fourth-order valence-electron chi connectivity index (χ4n) is 5.78. The number of alkyl halides is 2. The summed E-state index contributed by atoms with van der Waals surface area (Å²) < 4.78 is 82.2. The summed E-state index contributed by atoms with van der Waals surface area (Å²) in [5.41, 5.74) is 1.99. The molecule has 1 heterocycles. The predicted molar refractivity (Wildman–Crippen MR) is 181 cm³/mol. The minimum atomic E-state index is -4.55. The van der Waals surface area contributed by atoms with Crippen LogP contribution in [0.2, 0.25) is 5.02 Å². The molecule has 0 aliphatic carbocycles. The number of hydrogen-bond donors (Lipinski definition) is 0. The van der Waals surface area contributed by atoms with Gasteiger partial charge in [0.2, 0.25) is 0 Å². The molecule has 5 aromatic carbocycles. The number of hydrogen-bond acceptors (Lipinski definition) is 5. The van der Waals surface area contributed by atoms with Gasteiger partial charge in [0.05, 0.1) is 41.9 Å². The molecule has 49 heavy (non-hydrogen) atoms. The number of aromatic nitrogens is 1. The van der Waals surface area contributed by atoms with Crippen molar-refractivity contribution in [2.24, 2.45) is 0 Å². The molecule has 0 spiro atoms. The number of benzene rings is 5. The maximum Gasteiger partial charge on any atom is 0.341 e. The van der Waals surface area contributed by atoms with Gasteiger partial charge in [0.15, 0.2) is 11.4 Å². The number of nitrogens with zero attached hydrogens (tertiary/aromatic N) is 2. The maximum atomic E-state index is 15.0. The number of para-hydroxylation sites is 1. The zero-order valence-corrected chi connectivity index (χ0v) is 27.3. The summed E-state index contributed by atoms with van der Waals surface area (Å²) in [4.78, 5) is 15.7. The van der Waals surface area contributed by atoms with Crippen molar-refractivity contribution in [1.82, 2.24) is 3.97 Å². The number of fused-ring (bicyclic) bond motifs is 1. The Kier molecular flexibility index (Phi) is 8.94. The highest BCUT2D eigenvalue weighted by atomic mass is 35.5. The standard InChI is InChI=1S/C37H24ClF3N2O5S/c1-42-30-10-5-4-9-27(30)32-29-20-24(39)13-18-31(29)43(49(45,46)25-14-11-21(12-15-25)36(40)41)34(32)23-8-6-7-22(19-23)26-16-17-28(37(44)48-3)35(47-2)33(26)38/h4-20,36H,2-3H3. The molecule has 0 atom stereocenters. The Balaban J connectivity index is 1.71. The zero-order valence-electron chi connectivity index (χ0n) is 25.7. The van der Waals surface area contributed by atoms with Crippen molar-refractivity contribution in [2.75, 3.05) is 14.2 Å². The van der Waals surface area contributed by atoms with Crippen LogP contribution in [-0.2, 0) is 14.8 Å². The second-order valence-corrected chi connectivity index (χ2v) is 12.9. The van der Waals surface area contributed by atoms with Crippen LogP contribution in [0.3, 0.4) is 0 Å². The lowest BCUT2D eigenvalue weighted by Gasteiger charge is -2.16. The molecule has 0 unspecified atom stereocenters. The molecule has 6 rings (SSSR count). The van der Waals surface area contributed by atoms with E-state index in [0.29, 0.717) is 22.3 Å². The third kappa shape index (κ3) is 5.79. The van der Waals surface area contributed by atoms with E-state index in [2.05, 4.69) is 4.85 Å². The number of carbonyl (C=O) groups excluding carboxylic acids is 1. The molecular weight excluding hydrogens is 677 g/mol. The summed E-state index contributed by atoms with van der Waals surface area (Å²) in [5.74, 6) is -1.23. The first kappa shape index (κ1) is 33.3. The van der Waals surface area contributed by atoms with E-state index in [9.17, 15) is 26.4 Å². The summed E-state index contributed by atoms with van der Waals surface area (Å²) in [6, 6.07) is 24.2. The minimum absolute atomic E-state index is 0.0718. The molecule has 0 fully saturated rings. The van der Waals surface area contributed by atoms with E-state index in [1.807, 2.05) is 0 Å². The summed E-state index contributed by atoms with van der Waals surface area (Å²) in [7, 11) is -1.97. The van der Waals surface area contributed by atoms with Crippen molar-refractivity contribution >= 4 is 44.2 Å². The van der Waals surface area contributed by atoms with Gasteiger partial charge in [-0.1, -0.05) is 72.3 Å². The molecule has 0 radical (unpaired) electrons. The van der Waals surface area contributed by atoms with Crippen molar-refractivity contribution in [1.29, 1.82) is 0 Å². The Labute approximate surface area is 284 Å². The van der Waals surface area contributed by atoms with Crippen LogP contribution < -0.4 is 4.74 Å². The number of carbonyl (C=O) groups is 1. The molecule has 0 amide bonds. The third-order valence-corrected chi connectivity index (χ3v) is 10.1. The minimum Gasteiger partial charge on any atom is -0.494 e. The SMILES string of the molecule is [C-]#[N+]c1ccccc1-c1c(-c2cccc(-c3ccc(C(=O)OC)c(OC)c3Cl)c2)n(S(=O)(=O)c2ccc(C(F)F)cc2)c2ccc(F)cc12. The molecule has 1 aromatic heterocycles. The van der Waals surface area contributed by atoms with Gasteiger partial charge in [0.25, 0.3) is 16.4 Å². The fourth-order valence-corrected chi connectivity index (χ4v) is 7.67. The first-order valence-corrected chi connectivity index (χ1v) is 16.3. The van der Waals surface area contributed by atoms with Crippen molar-refractivity contribution in [3.63, 3.8) is 0 Å². The van der Waals surface area contributed by atoms with E-state index in [0.717, 1.165) is 34.3 Å². The molecule has 0 aliphatic heterocycles. The Morgan fingerprint density at radius 2 is 1.59 bits per heavy atom. The smallest absolute Gasteiger partial charge is 0.341 e. The maximum absolute atomic E-state index is 15.0. The van der Waals surface area contributed by atoms with Crippen molar-refractivity contribution in [3.8, 4) is 39.3 Å². The Morgan fingerprint density at radius 3 is 2.27 bits per heavy atom. The normalized spacial score (nSPS) is 11.5. The van der Waals surface area contributed by atoms with Gasteiger partial charge in [-0.15, -0.1) is 0 Å². The summed E-state index contributed by atoms with van der Waals surface area (Å²) >= 11 is 6.75. The molecular formula is C37H24ClF3N2O5S. The fraction of sp³-hybridized carbons (Fsp3) is 0.0811. The van der Waals surface area contributed by atoms with Gasteiger partial charge in [-0.25, -0.2) is 35.2 Å². The van der Waals surface area contributed by atoms with Crippen LogP contribution >= 0.6 is 11.6 Å². The molecule has 7 nitrogen and oxygen atoms in total. The lowest BCUT2D eigenvalue weighted by atomic mass is 9.95. The predicted octanol–water partition coefficient (Wildman–Crippen LogP) is 9.96. The van der Waals surface area contributed by atoms with Crippen molar-refractivity contribution < 1.29 is 35.9 Å². The lowest BCUT2D eigenvalue weighted by Crippen LogP contribution is -2.14. The Bertz CT molecular complexity index is 2420. The molecule has 12 heteroatoms. The molecule has 0 aliphatic rings. The average molecular weight is 701 g/mol. The van der Waals surface area contributed by atoms with Crippen molar-refractivity contribution in [2.45, 2.75) is 11.3 Å². The topological polar surface area (TPSA) is 79.0 Å². The first-order valence-electron chi connectivity index (χ1n) is 14.5. The van der Waals surface area contributed by atoms with Crippen LogP contribution in [0.1, 0.15) is 22.3 Å². The monoisotopic (exact) mass is 700 g/mol. The van der Waals surface area contributed by atoms with E-state index >= 15 is 0 Å². The molecule has 0 saturated heterocycles. The summed E-state index contributed by atoms with van der Waals surface area (Å²) in [5, 5.41) is 0.293. The van der Waals surface area contributed by atoms with E-state index in [1.54, 1.807) is 54.6 Å². The molecule has 0 bridgehead atoms. The Morgan fingerprint density at radius 1 is 0.878 bits per heavy atom. The van der Waals surface area contributed by atoms with Gasteiger partial charge in [-0.3, -0.25) is 0 Å². The molecule has 6 aromatic rings. The van der Waals surface area contributed by atoms with Gasteiger partial charge in [0, 0.05) is 27.6 Å². The van der Waals surface area contributed by atoms with E-state index < -0.39 is 28.2 Å². The van der Waals surface area contributed by atoms with E-state index in [1.165, 1.54) is 32.4 Å². The second kappa shape index (κ2) is 13.1. The van der Waals surface area contributed by atoms with Gasteiger partial charge < -0.3 is 9.47 Å². The summed E-state index contributed by atoms with van der Waals surface area (Å²) in [6.07, 6.45) is -2.81. The number of ether oxygens (including phenoxy) is 2. The first-order chi connectivity index (χ1) is 23.5. The average Bonchev–Trinajstić information content (AvgIpc) is 3.46. The number of rotatable bonds is 8. The molecule has 246 valence electrons.